The molecule has 2 heterocycles. The molecule has 0 aliphatic heterocycles. The lowest BCUT2D eigenvalue weighted by molar-refractivity contribution is 0.328. The first-order valence-corrected chi connectivity index (χ1v) is 11.0. The number of fused-ring (bicyclic) bond motifs is 1. The summed E-state index contributed by atoms with van der Waals surface area (Å²) >= 11 is 1.58. The van der Waals surface area contributed by atoms with Crippen LogP contribution in [0, 0.1) is 5.92 Å². The Balaban J connectivity index is 1.64. The quantitative estimate of drug-likeness (QED) is 0.482. The van der Waals surface area contributed by atoms with Crippen LogP contribution in [0.2, 0.25) is 0 Å². The van der Waals surface area contributed by atoms with Gasteiger partial charge in [0.2, 0.25) is 0 Å². The van der Waals surface area contributed by atoms with E-state index in [0.717, 1.165) is 27.9 Å². The molecular weight excluding hydrogens is 354 g/mol. The van der Waals surface area contributed by atoms with Gasteiger partial charge < -0.3 is 5.32 Å². The van der Waals surface area contributed by atoms with E-state index in [9.17, 15) is 0 Å². The normalized spacial score (nSPS) is 16.5. The van der Waals surface area contributed by atoms with Crippen LogP contribution in [-0.4, -0.2) is 32.0 Å². The lowest BCUT2D eigenvalue weighted by atomic mass is 9.84. The number of thioether (sulfide) groups is 1. The highest BCUT2D eigenvalue weighted by molar-refractivity contribution is 7.98. The van der Waals surface area contributed by atoms with Gasteiger partial charge in [0.1, 0.15) is 5.82 Å². The molecule has 1 aromatic carbocycles. The van der Waals surface area contributed by atoms with Crippen molar-refractivity contribution >= 4 is 28.6 Å². The second-order valence-electron chi connectivity index (χ2n) is 7.42. The van der Waals surface area contributed by atoms with Crippen LogP contribution < -0.4 is 5.32 Å². The molecule has 2 aromatic heterocycles. The molecular formula is C21H27N5S. The number of aromatic nitrogens is 4. The van der Waals surface area contributed by atoms with Crippen molar-refractivity contribution in [3.8, 4) is 0 Å². The highest BCUT2D eigenvalue weighted by Crippen LogP contribution is 2.30. The number of benzene rings is 1. The molecule has 1 atom stereocenters. The van der Waals surface area contributed by atoms with Crippen LogP contribution in [0.5, 0.6) is 0 Å². The maximum atomic E-state index is 4.76. The first kappa shape index (κ1) is 18.3. The summed E-state index contributed by atoms with van der Waals surface area (Å²) in [6, 6.07) is 10.8. The molecule has 1 N–H and O–H groups in total. The minimum absolute atomic E-state index is 0.413. The average molecular weight is 382 g/mol. The van der Waals surface area contributed by atoms with Gasteiger partial charge in [0.25, 0.3) is 0 Å². The Kier molecular flexibility index (Phi) is 5.62. The van der Waals surface area contributed by atoms with Gasteiger partial charge in [-0.25, -0.2) is 14.6 Å². The molecule has 0 saturated heterocycles. The largest absolute Gasteiger partial charge is 0.367 e. The van der Waals surface area contributed by atoms with Gasteiger partial charge in [-0.1, -0.05) is 61.4 Å². The van der Waals surface area contributed by atoms with E-state index in [2.05, 4.69) is 41.6 Å². The zero-order valence-corrected chi connectivity index (χ0v) is 16.9. The topological polar surface area (TPSA) is 55.6 Å². The fraction of sp³-hybridized carbons (Fsp3) is 0.476. The van der Waals surface area contributed by atoms with Gasteiger partial charge in [0.05, 0.1) is 18.1 Å². The molecule has 1 aliphatic carbocycles. The molecule has 5 nitrogen and oxygen atoms in total. The van der Waals surface area contributed by atoms with Crippen LogP contribution in [0.25, 0.3) is 11.0 Å². The first-order valence-electron chi connectivity index (χ1n) is 9.82. The van der Waals surface area contributed by atoms with E-state index in [-0.39, 0.29) is 0 Å². The van der Waals surface area contributed by atoms with E-state index in [0.29, 0.717) is 12.6 Å². The molecule has 1 saturated carbocycles. The Morgan fingerprint density at radius 3 is 2.67 bits per heavy atom. The third-order valence-corrected chi connectivity index (χ3v) is 6.10. The number of hydrogen-bond acceptors (Lipinski definition) is 5. The molecule has 1 aliphatic rings. The van der Waals surface area contributed by atoms with Crippen LogP contribution in [0.1, 0.15) is 44.6 Å². The fourth-order valence-corrected chi connectivity index (χ4v) is 4.34. The molecule has 4 rings (SSSR count). The fourth-order valence-electron chi connectivity index (χ4n) is 3.98. The van der Waals surface area contributed by atoms with E-state index in [1.165, 1.54) is 37.7 Å². The molecule has 6 heteroatoms. The van der Waals surface area contributed by atoms with E-state index >= 15 is 0 Å². The molecule has 142 valence electrons. The molecule has 0 radical (unpaired) electrons. The maximum absolute atomic E-state index is 4.76. The standard InChI is InChI=1S/C21H27N5S/c1-15(17-11-7-4-8-12-17)23-19-18-13-22-26(14-16-9-5-3-6-10-16)20(18)25-21(24-19)27-2/h3,5-6,9-10,13,15,17H,4,7-8,11-12,14H2,1-2H3,(H,23,24,25). The molecule has 27 heavy (non-hydrogen) atoms. The van der Waals surface area contributed by atoms with Crippen LogP contribution in [0.15, 0.2) is 41.7 Å². The Hall–Kier alpha value is -2.08. The number of nitrogens with one attached hydrogen (secondary N) is 1. The van der Waals surface area contributed by atoms with Gasteiger partial charge in [0, 0.05) is 6.04 Å². The lowest BCUT2D eigenvalue weighted by Gasteiger charge is -2.28. The SMILES string of the molecule is CSc1nc(NC(C)C2CCCCC2)c2cnn(Cc3ccccc3)c2n1. The second-order valence-corrected chi connectivity index (χ2v) is 8.19. The Morgan fingerprint density at radius 1 is 1.15 bits per heavy atom. The monoisotopic (exact) mass is 381 g/mol. The van der Waals surface area contributed by atoms with Gasteiger partial charge in [-0.15, -0.1) is 0 Å². The van der Waals surface area contributed by atoms with Crippen LogP contribution in [0.3, 0.4) is 0 Å². The Bertz CT molecular complexity index is 886. The summed E-state index contributed by atoms with van der Waals surface area (Å²) in [6.07, 6.45) is 10.6. The summed E-state index contributed by atoms with van der Waals surface area (Å²) in [4.78, 5) is 9.50. The number of hydrogen-bond donors (Lipinski definition) is 1. The molecule has 3 aromatic rings. The number of nitrogens with zero attached hydrogens (tertiary/aromatic N) is 4. The van der Waals surface area contributed by atoms with E-state index in [4.69, 9.17) is 9.97 Å². The highest BCUT2D eigenvalue weighted by Gasteiger charge is 2.22. The number of rotatable bonds is 6. The van der Waals surface area contributed by atoms with Gasteiger partial charge in [-0.2, -0.15) is 5.10 Å². The molecule has 1 fully saturated rings. The molecule has 0 bridgehead atoms. The first-order chi connectivity index (χ1) is 13.2. The average Bonchev–Trinajstić information content (AvgIpc) is 3.12. The zero-order valence-electron chi connectivity index (χ0n) is 16.1. The maximum Gasteiger partial charge on any atom is 0.191 e. The smallest absolute Gasteiger partial charge is 0.191 e. The summed E-state index contributed by atoms with van der Waals surface area (Å²) in [5.74, 6) is 1.64. The molecule has 0 amide bonds. The van der Waals surface area contributed by atoms with E-state index in [1.807, 2.05) is 23.2 Å². The highest BCUT2D eigenvalue weighted by atomic mass is 32.2. The Labute approximate surface area is 165 Å². The zero-order chi connectivity index (χ0) is 18.6. The van der Waals surface area contributed by atoms with Crippen molar-refractivity contribution in [3.05, 3.63) is 42.1 Å². The van der Waals surface area contributed by atoms with Crippen molar-refractivity contribution in [1.82, 2.24) is 19.7 Å². The van der Waals surface area contributed by atoms with Crippen molar-refractivity contribution in [3.63, 3.8) is 0 Å². The van der Waals surface area contributed by atoms with Crippen molar-refractivity contribution in [2.24, 2.45) is 5.92 Å². The minimum atomic E-state index is 0.413. The van der Waals surface area contributed by atoms with Gasteiger partial charge in [-0.3, -0.25) is 0 Å². The number of anilines is 1. The third-order valence-electron chi connectivity index (χ3n) is 5.55. The van der Waals surface area contributed by atoms with Crippen molar-refractivity contribution in [2.45, 2.75) is 56.8 Å². The summed E-state index contributed by atoms with van der Waals surface area (Å²) in [5, 5.41) is 10.1. The Morgan fingerprint density at radius 2 is 1.93 bits per heavy atom. The molecule has 0 spiro atoms. The van der Waals surface area contributed by atoms with Gasteiger partial charge in [-0.05, 0) is 37.5 Å². The summed E-state index contributed by atoms with van der Waals surface area (Å²) in [5.41, 5.74) is 2.12. The van der Waals surface area contributed by atoms with E-state index < -0.39 is 0 Å². The van der Waals surface area contributed by atoms with Crippen molar-refractivity contribution in [2.75, 3.05) is 11.6 Å². The predicted octanol–water partition coefficient (Wildman–Crippen LogP) is 4.98. The van der Waals surface area contributed by atoms with E-state index in [1.54, 1.807) is 11.8 Å². The summed E-state index contributed by atoms with van der Waals surface area (Å²) in [7, 11) is 0. The van der Waals surface area contributed by atoms with Crippen LogP contribution in [-0.2, 0) is 6.54 Å². The third kappa shape index (κ3) is 4.10. The van der Waals surface area contributed by atoms with Gasteiger partial charge in [0.15, 0.2) is 10.8 Å². The molecule has 1 unspecified atom stereocenters. The summed E-state index contributed by atoms with van der Waals surface area (Å²) < 4.78 is 1.97. The minimum Gasteiger partial charge on any atom is -0.367 e. The van der Waals surface area contributed by atoms with Crippen molar-refractivity contribution in [1.29, 1.82) is 0 Å². The van der Waals surface area contributed by atoms with Crippen LogP contribution in [0.4, 0.5) is 5.82 Å². The second kappa shape index (κ2) is 8.30. The predicted molar refractivity (Wildman–Crippen MR) is 112 cm³/mol. The van der Waals surface area contributed by atoms with Crippen molar-refractivity contribution < 1.29 is 0 Å². The van der Waals surface area contributed by atoms with Crippen LogP contribution >= 0.6 is 11.8 Å². The lowest BCUT2D eigenvalue weighted by Crippen LogP contribution is -2.28. The summed E-state index contributed by atoms with van der Waals surface area (Å²) in [6.45, 7) is 3.00. The van der Waals surface area contributed by atoms with Gasteiger partial charge >= 0.3 is 0 Å².